The topological polar surface area (TPSA) is 58.0 Å². The van der Waals surface area contributed by atoms with Crippen molar-refractivity contribution in [2.45, 2.75) is 20.3 Å². The predicted octanol–water partition coefficient (Wildman–Crippen LogP) is 5.00. The van der Waals surface area contributed by atoms with E-state index in [0.717, 1.165) is 54.6 Å². The molecule has 6 nitrogen and oxygen atoms in total. The molecule has 4 heterocycles. The first-order valence-corrected chi connectivity index (χ1v) is 11.7. The lowest BCUT2D eigenvalue weighted by Gasteiger charge is -2.35. The highest BCUT2D eigenvalue weighted by Crippen LogP contribution is 2.42. The maximum absolute atomic E-state index is 6.34. The van der Waals surface area contributed by atoms with E-state index < -0.39 is 0 Å². The molecule has 1 fully saturated rings. The van der Waals surface area contributed by atoms with E-state index >= 15 is 0 Å². The SMILES string of the molecule is CCc1ccc(-c2c(C)sc3nc(Cl)nc(N4CCN(c5ncccn5)CC4)c23)cc1. The van der Waals surface area contributed by atoms with Crippen molar-refractivity contribution in [2.24, 2.45) is 0 Å². The van der Waals surface area contributed by atoms with Crippen LogP contribution in [0.1, 0.15) is 17.4 Å². The number of fused-ring (bicyclic) bond motifs is 1. The Balaban J connectivity index is 1.53. The molecule has 0 saturated carbocycles. The van der Waals surface area contributed by atoms with E-state index in [4.69, 9.17) is 16.6 Å². The number of aromatic nitrogens is 4. The summed E-state index contributed by atoms with van der Waals surface area (Å²) in [4.78, 5) is 24.7. The zero-order chi connectivity index (χ0) is 21.4. The number of thiophene rings is 1. The molecule has 0 atom stereocenters. The van der Waals surface area contributed by atoms with E-state index in [-0.39, 0.29) is 0 Å². The smallest absolute Gasteiger partial charge is 0.225 e. The molecule has 0 aliphatic carbocycles. The molecule has 0 unspecified atom stereocenters. The van der Waals surface area contributed by atoms with Crippen molar-refractivity contribution in [3.05, 3.63) is 58.4 Å². The Hall–Kier alpha value is -2.77. The van der Waals surface area contributed by atoms with Crippen LogP contribution in [0, 0.1) is 6.92 Å². The van der Waals surface area contributed by atoms with E-state index in [1.54, 1.807) is 23.7 Å². The lowest BCUT2D eigenvalue weighted by atomic mass is 10.0. The van der Waals surface area contributed by atoms with Gasteiger partial charge in [0.05, 0.1) is 5.39 Å². The summed E-state index contributed by atoms with van der Waals surface area (Å²) in [5.74, 6) is 1.69. The Bertz CT molecular complexity index is 1200. The summed E-state index contributed by atoms with van der Waals surface area (Å²) in [7, 11) is 0. The summed E-state index contributed by atoms with van der Waals surface area (Å²) in [6.07, 6.45) is 4.60. The van der Waals surface area contributed by atoms with Crippen LogP contribution < -0.4 is 9.80 Å². The second-order valence-electron chi connectivity index (χ2n) is 7.60. The Kier molecular flexibility index (Phi) is 5.46. The first-order valence-electron chi connectivity index (χ1n) is 10.5. The van der Waals surface area contributed by atoms with Gasteiger partial charge in [0.1, 0.15) is 10.6 Å². The lowest BCUT2D eigenvalue weighted by Crippen LogP contribution is -2.47. The van der Waals surface area contributed by atoms with Gasteiger partial charge in [-0.15, -0.1) is 11.3 Å². The summed E-state index contributed by atoms with van der Waals surface area (Å²) in [5.41, 5.74) is 3.74. The van der Waals surface area contributed by atoms with E-state index in [9.17, 15) is 0 Å². The van der Waals surface area contributed by atoms with Crippen LogP contribution in [0.15, 0.2) is 42.7 Å². The molecule has 3 aromatic heterocycles. The number of piperazine rings is 1. The van der Waals surface area contributed by atoms with Crippen LogP contribution in [-0.4, -0.2) is 46.1 Å². The molecule has 0 radical (unpaired) electrons. The number of rotatable bonds is 4. The molecule has 8 heteroatoms. The predicted molar refractivity (Wildman–Crippen MR) is 128 cm³/mol. The van der Waals surface area contributed by atoms with Gasteiger partial charge < -0.3 is 9.80 Å². The van der Waals surface area contributed by atoms with Crippen LogP contribution >= 0.6 is 22.9 Å². The summed E-state index contributed by atoms with van der Waals surface area (Å²) < 4.78 is 0. The maximum atomic E-state index is 6.34. The minimum Gasteiger partial charge on any atom is -0.352 e. The van der Waals surface area contributed by atoms with Crippen molar-refractivity contribution in [3.8, 4) is 11.1 Å². The summed E-state index contributed by atoms with van der Waals surface area (Å²) >= 11 is 8.02. The van der Waals surface area contributed by atoms with Crippen molar-refractivity contribution in [3.63, 3.8) is 0 Å². The Morgan fingerprint density at radius 1 is 0.968 bits per heavy atom. The molecule has 1 saturated heterocycles. The molecule has 0 spiro atoms. The molecule has 0 N–H and O–H groups in total. The number of aryl methyl sites for hydroxylation is 2. The number of nitrogens with zero attached hydrogens (tertiary/aromatic N) is 6. The minimum atomic E-state index is 0.297. The molecule has 31 heavy (non-hydrogen) atoms. The number of benzene rings is 1. The number of hydrogen-bond donors (Lipinski definition) is 0. The van der Waals surface area contributed by atoms with Gasteiger partial charge in [-0.1, -0.05) is 31.2 Å². The third-order valence-electron chi connectivity index (χ3n) is 5.75. The number of halogens is 1. The number of anilines is 2. The van der Waals surface area contributed by atoms with Crippen LogP contribution in [0.2, 0.25) is 5.28 Å². The van der Waals surface area contributed by atoms with Gasteiger partial charge in [-0.3, -0.25) is 0 Å². The average Bonchev–Trinajstić information content (AvgIpc) is 3.14. The van der Waals surface area contributed by atoms with E-state index in [2.05, 4.69) is 62.9 Å². The summed E-state index contributed by atoms with van der Waals surface area (Å²) in [6.45, 7) is 7.63. The van der Waals surface area contributed by atoms with E-state index in [1.165, 1.54) is 21.6 Å². The highest BCUT2D eigenvalue weighted by molar-refractivity contribution is 7.19. The first-order chi connectivity index (χ1) is 15.1. The average molecular weight is 451 g/mol. The van der Waals surface area contributed by atoms with E-state index in [1.807, 2.05) is 6.07 Å². The quantitative estimate of drug-likeness (QED) is 0.408. The van der Waals surface area contributed by atoms with Crippen LogP contribution in [0.4, 0.5) is 11.8 Å². The van der Waals surface area contributed by atoms with Crippen molar-refractivity contribution in [1.82, 2.24) is 19.9 Å². The molecule has 4 aromatic rings. The molecule has 0 amide bonds. The standard InChI is InChI=1S/C23H23ClN6S/c1-3-16-5-7-17(8-6-16)18-15(2)31-21-19(18)20(27-22(24)28-21)29-11-13-30(14-12-29)23-25-9-4-10-26-23/h4-10H,3,11-14H2,1-2H3. The maximum Gasteiger partial charge on any atom is 0.225 e. The zero-order valence-electron chi connectivity index (χ0n) is 17.5. The molecule has 1 aliphatic heterocycles. The van der Waals surface area contributed by atoms with Gasteiger partial charge in [-0.2, -0.15) is 4.98 Å². The second-order valence-corrected chi connectivity index (χ2v) is 9.14. The monoisotopic (exact) mass is 450 g/mol. The van der Waals surface area contributed by atoms with Crippen molar-refractivity contribution in [2.75, 3.05) is 36.0 Å². The lowest BCUT2D eigenvalue weighted by molar-refractivity contribution is 0.636. The van der Waals surface area contributed by atoms with E-state index in [0.29, 0.717) is 5.28 Å². The molecule has 0 bridgehead atoms. The highest BCUT2D eigenvalue weighted by Gasteiger charge is 2.25. The van der Waals surface area contributed by atoms with Gasteiger partial charge in [0, 0.05) is 49.0 Å². The van der Waals surface area contributed by atoms with Gasteiger partial charge in [-0.05, 0) is 42.1 Å². The van der Waals surface area contributed by atoms with Crippen LogP contribution in [0.3, 0.4) is 0 Å². The fourth-order valence-electron chi connectivity index (χ4n) is 4.12. The summed E-state index contributed by atoms with van der Waals surface area (Å²) in [5, 5.41) is 1.39. The molecule has 1 aromatic carbocycles. The van der Waals surface area contributed by atoms with Gasteiger partial charge in [0.15, 0.2) is 0 Å². The van der Waals surface area contributed by atoms with Crippen molar-refractivity contribution in [1.29, 1.82) is 0 Å². The fourth-order valence-corrected chi connectivity index (χ4v) is 5.38. The molecule has 158 valence electrons. The molecule has 5 rings (SSSR count). The van der Waals surface area contributed by atoms with Gasteiger partial charge >= 0.3 is 0 Å². The number of hydrogen-bond acceptors (Lipinski definition) is 7. The minimum absolute atomic E-state index is 0.297. The summed E-state index contributed by atoms with van der Waals surface area (Å²) in [6, 6.07) is 10.7. The zero-order valence-corrected chi connectivity index (χ0v) is 19.1. The van der Waals surface area contributed by atoms with Gasteiger partial charge in [0.2, 0.25) is 11.2 Å². The van der Waals surface area contributed by atoms with Gasteiger partial charge in [0.25, 0.3) is 0 Å². The largest absolute Gasteiger partial charge is 0.352 e. The van der Waals surface area contributed by atoms with Crippen LogP contribution in [0.25, 0.3) is 21.3 Å². The molecular formula is C23H23ClN6S. The van der Waals surface area contributed by atoms with Crippen molar-refractivity contribution < 1.29 is 0 Å². The van der Waals surface area contributed by atoms with Crippen LogP contribution in [-0.2, 0) is 6.42 Å². The first kappa shape index (κ1) is 20.2. The Morgan fingerprint density at radius 2 is 1.65 bits per heavy atom. The van der Waals surface area contributed by atoms with Gasteiger partial charge in [-0.25, -0.2) is 15.0 Å². The fraction of sp³-hybridized carbons (Fsp3) is 0.304. The van der Waals surface area contributed by atoms with Crippen molar-refractivity contribution >= 4 is 44.9 Å². The third-order valence-corrected chi connectivity index (χ3v) is 6.91. The molecular weight excluding hydrogens is 428 g/mol. The Labute approximate surface area is 190 Å². The molecule has 1 aliphatic rings. The van der Waals surface area contributed by atoms with Crippen LogP contribution in [0.5, 0.6) is 0 Å². The second kappa shape index (κ2) is 8.40. The third kappa shape index (κ3) is 3.83. The normalized spacial score (nSPS) is 14.4. The highest BCUT2D eigenvalue weighted by atomic mass is 35.5. The Morgan fingerprint density at radius 3 is 2.32 bits per heavy atom.